The normalized spacial score (nSPS) is 11.6. The molecule has 5 heteroatoms. The van der Waals surface area contributed by atoms with Crippen LogP contribution in [0.3, 0.4) is 0 Å². The fraction of sp³-hybridized carbons (Fsp3) is 0. The van der Waals surface area contributed by atoms with Gasteiger partial charge in [-0.1, -0.05) is 11.6 Å². The molecule has 0 spiro atoms. The molecule has 2 aromatic rings. The molecular weight excluding hydrogens is 240 g/mol. The second-order valence-electron chi connectivity index (χ2n) is 3.21. The molecule has 1 heterocycles. The Balaban J connectivity index is 2.08. The minimum absolute atomic E-state index is 0.103. The van der Waals surface area contributed by atoms with E-state index in [1.165, 1.54) is 18.5 Å². The zero-order valence-corrected chi connectivity index (χ0v) is 9.50. The minimum atomic E-state index is 0.103. The quantitative estimate of drug-likeness (QED) is 0.670. The van der Waals surface area contributed by atoms with Gasteiger partial charge in [-0.3, -0.25) is 0 Å². The molecule has 0 saturated heterocycles. The van der Waals surface area contributed by atoms with Gasteiger partial charge in [0.2, 0.25) is 0 Å². The smallest absolute Gasteiger partial charge is 0.146 e. The van der Waals surface area contributed by atoms with Gasteiger partial charge in [-0.05, 0) is 30.3 Å². The van der Waals surface area contributed by atoms with Crippen molar-refractivity contribution in [3.63, 3.8) is 0 Å². The van der Waals surface area contributed by atoms with E-state index in [4.69, 9.17) is 16.0 Å². The molecular formula is C12H9ClN2O2. The zero-order chi connectivity index (χ0) is 12.1. The maximum Gasteiger partial charge on any atom is 0.146 e. The molecule has 0 fully saturated rings. The van der Waals surface area contributed by atoms with Crippen LogP contribution in [0.4, 0.5) is 0 Å². The van der Waals surface area contributed by atoms with E-state index < -0.39 is 0 Å². The van der Waals surface area contributed by atoms with E-state index in [0.29, 0.717) is 16.3 Å². The zero-order valence-electron chi connectivity index (χ0n) is 8.75. The van der Waals surface area contributed by atoms with Crippen molar-refractivity contribution in [2.24, 2.45) is 10.2 Å². The lowest BCUT2D eigenvalue weighted by Gasteiger charge is -1.97. The van der Waals surface area contributed by atoms with Crippen LogP contribution in [0.2, 0.25) is 5.02 Å². The van der Waals surface area contributed by atoms with Gasteiger partial charge in [0.05, 0.1) is 18.7 Å². The van der Waals surface area contributed by atoms with Crippen molar-refractivity contribution >= 4 is 24.0 Å². The summed E-state index contributed by atoms with van der Waals surface area (Å²) in [5, 5.41) is 17.6. The summed E-state index contributed by atoms with van der Waals surface area (Å²) in [6.45, 7) is 0. The van der Waals surface area contributed by atoms with Gasteiger partial charge in [-0.15, -0.1) is 0 Å². The Hall–Kier alpha value is -2.07. The molecule has 0 radical (unpaired) electrons. The molecule has 2 rings (SSSR count). The first-order valence-corrected chi connectivity index (χ1v) is 5.22. The van der Waals surface area contributed by atoms with Crippen molar-refractivity contribution in [2.75, 3.05) is 0 Å². The molecule has 0 aliphatic carbocycles. The average Bonchev–Trinajstić information content (AvgIpc) is 2.82. The highest BCUT2D eigenvalue weighted by atomic mass is 35.5. The fourth-order valence-electron chi connectivity index (χ4n) is 1.18. The molecule has 1 N–H and O–H groups in total. The van der Waals surface area contributed by atoms with E-state index >= 15 is 0 Å². The summed E-state index contributed by atoms with van der Waals surface area (Å²) in [5.74, 6) is 0.712. The Morgan fingerprint density at radius 1 is 1.18 bits per heavy atom. The number of hydrogen-bond acceptors (Lipinski definition) is 4. The number of hydrogen-bond donors (Lipinski definition) is 1. The van der Waals surface area contributed by atoms with Crippen molar-refractivity contribution in [3.8, 4) is 5.75 Å². The number of halogens is 1. The van der Waals surface area contributed by atoms with Gasteiger partial charge in [-0.2, -0.15) is 10.2 Å². The van der Waals surface area contributed by atoms with Gasteiger partial charge >= 0.3 is 0 Å². The second kappa shape index (κ2) is 5.32. The van der Waals surface area contributed by atoms with E-state index in [-0.39, 0.29) is 5.75 Å². The first kappa shape index (κ1) is 11.4. The summed E-state index contributed by atoms with van der Waals surface area (Å²) in [5.41, 5.74) is 0.508. The standard InChI is InChI=1S/C12H9ClN2O2/c13-10-3-4-12(16)9(6-10)7-14-15-8-11-2-1-5-17-11/h1-8,16H/b14-7+,15-8?. The first-order valence-electron chi connectivity index (χ1n) is 4.84. The monoisotopic (exact) mass is 248 g/mol. The Bertz CT molecular complexity index is 548. The molecule has 86 valence electrons. The van der Waals surface area contributed by atoms with Gasteiger partial charge < -0.3 is 9.52 Å². The van der Waals surface area contributed by atoms with Crippen LogP contribution < -0.4 is 0 Å². The van der Waals surface area contributed by atoms with E-state index in [0.717, 1.165) is 0 Å². The van der Waals surface area contributed by atoms with Crippen molar-refractivity contribution in [1.82, 2.24) is 0 Å². The third kappa shape index (κ3) is 3.19. The number of aromatic hydroxyl groups is 1. The maximum atomic E-state index is 9.50. The molecule has 0 atom stereocenters. The third-order valence-electron chi connectivity index (χ3n) is 1.98. The van der Waals surface area contributed by atoms with E-state index in [9.17, 15) is 5.11 Å². The molecule has 1 aromatic heterocycles. The Morgan fingerprint density at radius 2 is 2.00 bits per heavy atom. The first-order chi connectivity index (χ1) is 8.25. The Morgan fingerprint density at radius 3 is 2.76 bits per heavy atom. The largest absolute Gasteiger partial charge is 0.507 e. The van der Waals surface area contributed by atoms with Crippen LogP contribution in [0.1, 0.15) is 11.3 Å². The van der Waals surface area contributed by atoms with Gasteiger partial charge in [0, 0.05) is 10.6 Å². The van der Waals surface area contributed by atoms with Crippen molar-refractivity contribution in [2.45, 2.75) is 0 Å². The molecule has 0 amide bonds. The summed E-state index contributed by atoms with van der Waals surface area (Å²) < 4.78 is 5.03. The van der Waals surface area contributed by atoms with Crippen LogP contribution in [-0.4, -0.2) is 17.5 Å². The van der Waals surface area contributed by atoms with Crippen molar-refractivity contribution in [1.29, 1.82) is 0 Å². The SMILES string of the molecule is Oc1ccc(Cl)cc1/C=N/N=Cc1ccco1. The van der Waals surface area contributed by atoms with Crippen LogP contribution in [-0.2, 0) is 0 Å². The molecule has 0 saturated carbocycles. The number of furan rings is 1. The highest BCUT2D eigenvalue weighted by Crippen LogP contribution is 2.19. The van der Waals surface area contributed by atoms with E-state index in [1.54, 1.807) is 30.5 Å². The lowest BCUT2D eigenvalue weighted by Crippen LogP contribution is -1.82. The Kier molecular flexibility index (Phi) is 3.57. The summed E-state index contributed by atoms with van der Waals surface area (Å²) in [6, 6.07) is 8.22. The molecule has 0 unspecified atom stereocenters. The number of benzene rings is 1. The van der Waals surface area contributed by atoms with Gasteiger partial charge in [0.25, 0.3) is 0 Å². The number of phenolic OH excluding ortho intramolecular Hbond substituents is 1. The van der Waals surface area contributed by atoms with Crippen LogP contribution in [0, 0.1) is 0 Å². The van der Waals surface area contributed by atoms with E-state index in [1.807, 2.05) is 0 Å². The molecule has 0 bridgehead atoms. The van der Waals surface area contributed by atoms with E-state index in [2.05, 4.69) is 10.2 Å². The van der Waals surface area contributed by atoms with Crippen LogP contribution in [0.5, 0.6) is 5.75 Å². The lowest BCUT2D eigenvalue weighted by atomic mass is 10.2. The number of rotatable bonds is 3. The lowest BCUT2D eigenvalue weighted by molar-refractivity contribution is 0.474. The number of phenols is 1. The molecule has 0 aliphatic heterocycles. The van der Waals surface area contributed by atoms with Crippen molar-refractivity contribution < 1.29 is 9.52 Å². The van der Waals surface area contributed by atoms with Crippen LogP contribution in [0.15, 0.2) is 51.2 Å². The van der Waals surface area contributed by atoms with Gasteiger partial charge in [0.15, 0.2) is 0 Å². The Labute approximate surface area is 103 Å². The van der Waals surface area contributed by atoms with Gasteiger partial charge in [-0.25, -0.2) is 0 Å². The molecule has 1 aromatic carbocycles. The van der Waals surface area contributed by atoms with Crippen LogP contribution in [0.25, 0.3) is 0 Å². The highest BCUT2D eigenvalue weighted by Gasteiger charge is 1.98. The molecule has 17 heavy (non-hydrogen) atoms. The molecule has 0 aliphatic rings. The maximum absolute atomic E-state index is 9.50. The van der Waals surface area contributed by atoms with Gasteiger partial charge in [0.1, 0.15) is 11.5 Å². The summed E-state index contributed by atoms with van der Waals surface area (Å²) in [7, 11) is 0. The number of nitrogens with zero attached hydrogens (tertiary/aromatic N) is 2. The molecule has 4 nitrogen and oxygen atoms in total. The summed E-state index contributed by atoms with van der Waals surface area (Å²) >= 11 is 5.78. The topological polar surface area (TPSA) is 58.1 Å². The van der Waals surface area contributed by atoms with Crippen LogP contribution >= 0.6 is 11.6 Å². The third-order valence-corrected chi connectivity index (χ3v) is 2.22. The minimum Gasteiger partial charge on any atom is -0.507 e. The average molecular weight is 249 g/mol. The summed E-state index contributed by atoms with van der Waals surface area (Å²) in [4.78, 5) is 0. The summed E-state index contributed by atoms with van der Waals surface area (Å²) in [6.07, 6.45) is 4.44. The predicted octanol–water partition coefficient (Wildman–Crippen LogP) is 3.09. The highest BCUT2D eigenvalue weighted by molar-refractivity contribution is 6.30. The second-order valence-corrected chi connectivity index (χ2v) is 3.64. The fourth-order valence-corrected chi connectivity index (χ4v) is 1.36. The van der Waals surface area contributed by atoms with Crippen molar-refractivity contribution in [3.05, 3.63) is 52.9 Å². The predicted molar refractivity (Wildman–Crippen MR) is 67.0 cm³/mol.